The van der Waals surface area contributed by atoms with Crippen molar-refractivity contribution in [2.75, 3.05) is 19.0 Å². The maximum atomic E-state index is 12.0. The van der Waals surface area contributed by atoms with Gasteiger partial charge in [0, 0.05) is 11.8 Å². The van der Waals surface area contributed by atoms with Crippen LogP contribution in [-0.2, 0) is 11.3 Å². The van der Waals surface area contributed by atoms with Gasteiger partial charge in [-0.15, -0.1) is 5.10 Å². The molecule has 1 aromatic carbocycles. The number of tetrazole rings is 1. The first-order valence-electron chi connectivity index (χ1n) is 7.31. The molecule has 0 radical (unpaired) electrons. The number of anilines is 1. The quantitative estimate of drug-likeness (QED) is 0.629. The average molecular weight is 329 g/mol. The second-order valence-corrected chi connectivity index (χ2v) is 4.97. The monoisotopic (exact) mass is 329 g/mol. The summed E-state index contributed by atoms with van der Waals surface area (Å²) in [6.45, 7) is 0.903. The minimum atomic E-state index is -0.112. The van der Waals surface area contributed by atoms with E-state index in [-0.39, 0.29) is 12.5 Å². The number of benzene rings is 1. The van der Waals surface area contributed by atoms with Gasteiger partial charge >= 0.3 is 0 Å². The number of rotatable bonds is 7. The molecule has 0 aliphatic heterocycles. The largest absolute Gasteiger partial charge is 0.494 e. The van der Waals surface area contributed by atoms with Crippen LogP contribution in [0, 0.1) is 0 Å². The summed E-state index contributed by atoms with van der Waals surface area (Å²) in [5.74, 6) is 1.27. The molecule has 24 heavy (non-hydrogen) atoms. The number of aromatic nitrogens is 4. The number of nitrogens with zero attached hydrogens (tertiary/aromatic N) is 4. The maximum Gasteiger partial charge on any atom is 0.279 e. The summed E-state index contributed by atoms with van der Waals surface area (Å²) in [7, 11) is 1.55. The molecule has 0 fully saturated rings. The second kappa shape index (κ2) is 7.38. The molecule has 0 aliphatic rings. The summed E-state index contributed by atoms with van der Waals surface area (Å²) in [4.78, 5) is 12.0. The van der Waals surface area contributed by atoms with Gasteiger partial charge in [-0.1, -0.05) is 0 Å². The fourth-order valence-corrected chi connectivity index (χ4v) is 2.20. The van der Waals surface area contributed by atoms with Crippen LogP contribution < -0.4 is 15.4 Å². The summed E-state index contributed by atoms with van der Waals surface area (Å²) < 4.78 is 12.0. The molecule has 9 heteroatoms. The van der Waals surface area contributed by atoms with Crippen LogP contribution in [0.4, 0.5) is 5.69 Å². The lowest BCUT2D eigenvalue weighted by atomic mass is 10.2. The van der Waals surface area contributed by atoms with Gasteiger partial charge in [-0.2, -0.15) is 4.68 Å². The highest BCUT2D eigenvalue weighted by atomic mass is 16.5. The van der Waals surface area contributed by atoms with E-state index < -0.39 is 0 Å². The number of methoxy groups -OCH3 is 1. The third kappa shape index (κ3) is 3.76. The highest BCUT2D eigenvalue weighted by Gasteiger charge is 2.10. The Kier molecular flexibility index (Phi) is 4.82. The summed E-state index contributed by atoms with van der Waals surface area (Å²) in [6, 6.07) is 8.96. The maximum absolute atomic E-state index is 12.0. The number of amides is 1. The number of ether oxygens (including phenoxy) is 1. The molecule has 124 valence electrons. The van der Waals surface area contributed by atoms with Crippen molar-refractivity contribution in [1.82, 2.24) is 20.2 Å². The minimum absolute atomic E-state index is 0.112. The Morgan fingerprint density at radius 2 is 2.33 bits per heavy atom. The average Bonchev–Trinajstić information content (AvgIpc) is 3.28. The van der Waals surface area contributed by atoms with Gasteiger partial charge < -0.3 is 19.8 Å². The molecule has 0 bridgehead atoms. The molecular formula is C15H17N6O3+. The predicted molar refractivity (Wildman–Crippen MR) is 83.5 cm³/mol. The van der Waals surface area contributed by atoms with E-state index in [0.717, 1.165) is 5.76 Å². The zero-order valence-electron chi connectivity index (χ0n) is 13.0. The van der Waals surface area contributed by atoms with Crippen LogP contribution in [0.1, 0.15) is 5.76 Å². The predicted octanol–water partition coefficient (Wildman–Crippen LogP) is -0.0340. The van der Waals surface area contributed by atoms with Crippen molar-refractivity contribution in [3.8, 4) is 11.4 Å². The van der Waals surface area contributed by atoms with E-state index in [1.807, 2.05) is 17.4 Å². The molecule has 3 N–H and O–H groups in total. The van der Waals surface area contributed by atoms with E-state index in [0.29, 0.717) is 23.7 Å². The van der Waals surface area contributed by atoms with Gasteiger partial charge in [-0.05, 0) is 34.7 Å². The topological polar surface area (TPSA) is 112 Å². The Hall–Kier alpha value is -3.20. The van der Waals surface area contributed by atoms with E-state index in [1.165, 1.54) is 11.0 Å². The number of hydrogen-bond acceptors (Lipinski definition) is 6. The molecule has 3 aromatic rings. The summed E-state index contributed by atoms with van der Waals surface area (Å²) >= 11 is 0. The zero-order chi connectivity index (χ0) is 16.8. The van der Waals surface area contributed by atoms with Crippen molar-refractivity contribution in [1.29, 1.82) is 0 Å². The normalized spacial score (nSPS) is 10.5. The van der Waals surface area contributed by atoms with Gasteiger partial charge in [0.25, 0.3) is 5.91 Å². The minimum Gasteiger partial charge on any atom is -0.494 e. The number of nitrogens with one attached hydrogen (secondary N) is 1. The summed E-state index contributed by atoms with van der Waals surface area (Å²) in [6.07, 6.45) is 3.08. The molecule has 0 saturated heterocycles. The van der Waals surface area contributed by atoms with E-state index >= 15 is 0 Å². The van der Waals surface area contributed by atoms with E-state index in [4.69, 9.17) is 9.15 Å². The molecule has 0 saturated carbocycles. The van der Waals surface area contributed by atoms with Gasteiger partial charge in [0.05, 0.1) is 13.4 Å². The fourth-order valence-electron chi connectivity index (χ4n) is 2.20. The van der Waals surface area contributed by atoms with Crippen LogP contribution in [-0.4, -0.2) is 39.8 Å². The van der Waals surface area contributed by atoms with E-state index in [2.05, 4.69) is 20.8 Å². The smallest absolute Gasteiger partial charge is 0.279 e. The number of carbonyl (C=O) groups excluding carboxylic acids is 1. The summed E-state index contributed by atoms with van der Waals surface area (Å²) in [5, 5.41) is 15.7. The SMILES string of the molecule is COc1cc(NC(=O)C[NH2+]Cc2ccco2)ccc1-n1cnnn1. The first-order chi connectivity index (χ1) is 11.8. The van der Waals surface area contributed by atoms with Gasteiger partial charge in [0.2, 0.25) is 0 Å². The lowest BCUT2D eigenvalue weighted by Gasteiger charge is -2.10. The van der Waals surface area contributed by atoms with Crippen molar-refractivity contribution in [3.05, 3.63) is 48.7 Å². The number of carbonyl (C=O) groups is 1. The molecule has 0 aliphatic carbocycles. The lowest BCUT2D eigenvalue weighted by molar-refractivity contribution is -0.661. The van der Waals surface area contributed by atoms with Crippen molar-refractivity contribution >= 4 is 11.6 Å². The molecular weight excluding hydrogens is 312 g/mol. The number of quaternary nitrogens is 1. The third-order valence-corrected chi connectivity index (χ3v) is 3.31. The highest BCUT2D eigenvalue weighted by molar-refractivity contribution is 5.91. The van der Waals surface area contributed by atoms with E-state index in [1.54, 1.807) is 31.6 Å². The van der Waals surface area contributed by atoms with Crippen LogP contribution >= 0.6 is 0 Å². The van der Waals surface area contributed by atoms with Crippen LogP contribution in [0.3, 0.4) is 0 Å². The van der Waals surface area contributed by atoms with Crippen LogP contribution in [0.15, 0.2) is 47.3 Å². The molecule has 1 amide bonds. The number of nitrogens with two attached hydrogens (primary N) is 1. The Morgan fingerprint density at radius 1 is 1.42 bits per heavy atom. The van der Waals surface area contributed by atoms with Crippen LogP contribution in [0.25, 0.3) is 5.69 Å². The molecule has 0 atom stereocenters. The number of furan rings is 1. The number of hydrogen-bond donors (Lipinski definition) is 2. The first kappa shape index (κ1) is 15.7. The molecule has 0 unspecified atom stereocenters. The molecule has 0 spiro atoms. The van der Waals surface area contributed by atoms with Crippen molar-refractivity contribution in [2.24, 2.45) is 0 Å². The lowest BCUT2D eigenvalue weighted by Crippen LogP contribution is -2.84. The Bertz CT molecular complexity index is 786. The van der Waals surface area contributed by atoms with Crippen molar-refractivity contribution in [2.45, 2.75) is 6.54 Å². The van der Waals surface area contributed by atoms with Gasteiger partial charge in [0.15, 0.2) is 12.3 Å². The van der Waals surface area contributed by atoms with Crippen molar-refractivity contribution in [3.63, 3.8) is 0 Å². The fraction of sp³-hybridized carbons (Fsp3) is 0.200. The first-order valence-corrected chi connectivity index (χ1v) is 7.31. The van der Waals surface area contributed by atoms with Crippen LogP contribution in [0.2, 0.25) is 0 Å². The van der Waals surface area contributed by atoms with Gasteiger partial charge in [-0.25, -0.2) is 0 Å². The second-order valence-electron chi connectivity index (χ2n) is 4.97. The standard InChI is InChI=1S/C15H16N6O3/c1-23-14-7-11(4-5-13(14)21-10-17-19-20-21)18-15(22)9-16-8-12-3-2-6-24-12/h2-7,10,16H,8-9H2,1H3,(H,18,22)/p+1. The Balaban J connectivity index is 1.59. The summed E-state index contributed by atoms with van der Waals surface area (Å²) in [5.41, 5.74) is 1.32. The molecule has 3 rings (SSSR count). The molecule has 2 heterocycles. The van der Waals surface area contributed by atoms with Crippen molar-refractivity contribution < 1.29 is 19.3 Å². The van der Waals surface area contributed by atoms with Gasteiger partial charge in [0.1, 0.15) is 24.3 Å². The molecule has 2 aromatic heterocycles. The Morgan fingerprint density at radius 3 is 3.04 bits per heavy atom. The molecule has 9 nitrogen and oxygen atoms in total. The third-order valence-electron chi connectivity index (χ3n) is 3.31. The van der Waals surface area contributed by atoms with E-state index in [9.17, 15) is 4.79 Å². The highest BCUT2D eigenvalue weighted by Crippen LogP contribution is 2.25. The Labute approximate surface area is 137 Å². The van der Waals surface area contributed by atoms with Gasteiger partial charge in [-0.3, -0.25) is 4.79 Å². The van der Waals surface area contributed by atoms with Crippen LogP contribution in [0.5, 0.6) is 5.75 Å². The zero-order valence-corrected chi connectivity index (χ0v) is 13.0.